The van der Waals surface area contributed by atoms with Gasteiger partial charge in [0.15, 0.2) is 0 Å². The molecular formula is C19H22N4O4. The molecule has 3 aliphatic heterocycles. The molecule has 1 aromatic carbocycles. The molecule has 0 bridgehead atoms. The highest BCUT2D eigenvalue weighted by molar-refractivity contribution is 6.23. The van der Waals surface area contributed by atoms with Crippen molar-refractivity contribution in [1.29, 1.82) is 0 Å². The number of nitrogens with two attached hydrogens (primary N) is 1. The fraction of sp³-hybridized carbons (Fsp3) is 0.474. The quantitative estimate of drug-likeness (QED) is 0.738. The molecule has 3 heterocycles. The van der Waals surface area contributed by atoms with Gasteiger partial charge in [0.1, 0.15) is 6.04 Å². The minimum Gasteiger partial charge on any atom is -0.371 e. The van der Waals surface area contributed by atoms with Gasteiger partial charge in [0.25, 0.3) is 11.8 Å². The lowest BCUT2D eigenvalue weighted by Gasteiger charge is -2.27. The maximum absolute atomic E-state index is 12.9. The number of carbonyl (C=O) groups excluding carboxylic acids is 4. The Balaban J connectivity index is 1.59. The van der Waals surface area contributed by atoms with Gasteiger partial charge in [-0.2, -0.15) is 0 Å². The average Bonchev–Trinajstić information content (AvgIpc) is 3.21. The van der Waals surface area contributed by atoms with Crippen molar-refractivity contribution in [2.24, 2.45) is 11.7 Å². The second kappa shape index (κ2) is 6.45. The third-order valence-electron chi connectivity index (χ3n) is 5.76. The van der Waals surface area contributed by atoms with E-state index in [0.29, 0.717) is 17.0 Å². The van der Waals surface area contributed by atoms with E-state index >= 15 is 0 Å². The number of hydrogen-bond donors (Lipinski definition) is 2. The van der Waals surface area contributed by atoms with Crippen molar-refractivity contribution in [3.05, 3.63) is 29.3 Å². The van der Waals surface area contributed by atoms with Crippen LogP contribution in [0.4, 0.5) is 5.69 Å². The fourth-order valence-electron chi connectivity index (χ4n) is 4.11. The molecule has 142 valence electrons. The van der Waals surface area contributed by atoms with Crippen molar-refractivity contribution in [2.75, 3.05) is 18.0 Å². The van der Waals surface area contributed by atoms with E-state index in [0.717, 1.165) is 30.1 Å². The molecule has 0 spiro atoms. The summed E-state index contributed by atoms with van der Waals surface area (Å²) >= 11 is 0. The number of benzene rings is 1. The van der Waals surface area contributed by atoms with Crippen LogP contribution < -0.4 is 16.0 Å². The Morgan fingerprint density at radius 2 is 1.85 bits per heavy atom. The Hall–Kier alpha value is -2.74. The Bertz CT molecular complexity index is 850. The number of imide groups is 2. The third kappa shape index (κ3) is 2.90. The molecule has 8 nitrogen and oxygen atoms in total. The lowest BCUT2D eigenvalue weighted by Crippen LogP contribution is -2.54. The molecule has 3 aliphatic rings. The van der Waals surface area contributed by atoms with Crippen molar-refractivity contribution in [3.63, 3.8) is 0 Å². The smallest absolute Gasteiger partial charge is 0.262 e. The SMILES string of the molecule is CC(N)C1CCN(c2ccc3c(c2)C(=O)N(C2CCC(=O)NC2=O)C3=O)C1. The van der Waals surface area contributed by atoms with Gasteiger partial charge in [-0.1, -0.05) is 0 Å². The van der Waals surface area contributed by atoms with Crippen LogP contribution in [0.15, 0.2) is 18.2 Å². The first-order valence-electron chi connectivity index (χ1n) is 9.23. The van der Waals surface area contributed by atoms with E-state index in [9.17, 15) is 19.2 Å². The van der Waals surface area contributed by atoms with Crippen LogP contribution in [0, 0.1) is 5.92 Å². The van der Waals surface area contributed by atoms with Crippen LogP contribution in [-0.4, -0.2) is 53.7 Å². The molecule has 2 fully saturated rings. The summed E-state index contributed by atoms with van der Waals surface area (Å²) in [5.41, 5.74) is 7.49. The van der Waals surface area contributed by atoms with Crippen LogP contribution >= 0.6 is 0 Å². The Morgan fingerprint density at radius 1 is 1.11 bits per heavy atom. The van der Waals surface area contributed by atoms with Crippen molar-refractivity contribution in [1.82, 2.24) is 10.2 Å². The topological polar surface area (TPSA) is 113 Å². The number of carbonyl (C=O) groups is 4. The lowest BCUT2D eigenvalue weighted by atomic mass is 10.0. The van der Waals surface area contributed by atoms with Gasteiger partial charge in [-0.05, 0) is 43.9 Å². The Kier molecular flexibility index (Phi) is 4.22. The summed E-state index contributed by atoms with van der Waals surface area (Å²) in [6, 6.07) is 4.38. The maximum atomic E-state index is 12.9. The minimum atomic E-state index is -0.937. The molecule has 0 aliphatic carbocycles. The monoisotopic (exact) mass is 370 g/mol. The zero-order chi connectivity index (χ0) is 19.3. The van der Waals surface area contributed by atoms with E-state index in [2.05, 4.69) is 10.2 Å². The molecule has 0 aromatic heterocycles. The van der Waals surface area contributed by atoms with Crippen molar-refractivity contribution >= 4 is 29.3 Å². The normalized spacial score (nSPS) is 26.4. The van der Waals surface area contributed by atoms with Gasteiger partial charge in [-0.15, -0.1) is 0 Å². The average molecular weight is 370 g/mol. The van der Waals surface area contributed by atoms with Crippen molar-refractivity contribution in [2.45, 2.75) is 38.3 Å². The molecule has 3 atom stereocenters. The van der Waals surface area contributed by atoms with Crippen LogP contribution in [0.1, 0.15) is 46.9 Å². The number of piperidine rings is 1. The fourth-order valence-corrected chi connectivity index (χ4v) is 4.11. The minimum absolute atomic E-state index is 0.107. The van der Waals surface area contributed by atoms with E-state index in [1.54, 1.807) is 12.1 Å². The molecule has 1 aromatic rings. The maximum Gasteiger partial charge on any atom is 0.262 e. The van der Waals surface area contributed by atoms with Gasteiger partial charge < -0.3 is 10.6 Å². The molecule has 0 saturated carbocycles. The predicted molar refractivity (Wildman–Crippen MR) is 97.1 cm³/mol. The van der Waals surface area contributed by atoms with Gasteiger partial charge in [-0.25, -0.2) is 0 Å². The second-order valence-electron chi connectivity index (χ2n) is 7.53. The number of anilines is 1. The summed E-state index contributed by atoms with van der Waals surface area (Å²) < 4.78 is 0. The van der Waals surface area contributed by atoms with E-state index in [4.69, 9.17) is 5.73 Å². The van der Waals surface area contributed by atoms with Gasteiger partial charge >= 0.3 is 0 Å². The molecule has 2 saturated heterocycles. The number of hydrogen-bond acceptors (Lipinski definition) is 6. The first kappa shape index (κ1) is 17.7. The largest absolute Gasteiger partial charge is 0.371 e. The standard InChI is InChI=1S/C19H22N4O4/c1-10(20)11-6-7-22(9-11)12-2-3-13-14(8-12)19(27)23(18(13)26)15-4-5-16(24)21-17(15)25/h2-3,8,10-11,15H,4-7,9,20H2,1H3,(H,21,24,25). The van der Waals surface area contributed by atoms with Crippen molar-refractivity contribution in [3.8, 4) is 0 Å². The van der Waals surface area contributed by atoms with Gasteiger partial charge in [0.2, 0.25) is 11.8 Å². The second-order valence-corrected chi connectivity index (χ2v) is 7.53. The summed E-state index contributed by atoms with van der Waals surface area (Å²) in [7, 11) is 0. The first-order valence-corrected chi connectivity index (χ1v) is 9.23. The first-order chi connectivity index (χ1) is 12.9. The summed E-state index contributed by atoms with van der Waals surface area (Å²) in [4.78, 5) is 52.2. The molecule has 0 radical (unpaired) electrons. The molecule has 27 heavy (non-hydrogen) atoms. The highest BCUT2D eigenvalue weighted by Gasteiger charge is 2.44. The van der Waals surface area contributed by atoms with E-state index < -0.39 is 23.8 Å². The van der Waals surface area contributed by atoms with Gasteiger partial charge in [-0.3, -0.25) is 29.4 Å². The van der Waals surface area contributed by atoms with Gasteiger partial charge in [0.05, 0.1) is 11.1 Å². The zero-order valence-electron chi connectivity index (χ0n) is 15.1. The molecule has 8 heteroatoms. The highest BCUT2D eigenvalue weighted by Crippen LogP contribution is 2.32. The van der Waals surface area contributed by atoms with Crippen LogP contribution in [0.25, 0.3) is 0 Å². The number of rotatable bonds is 3. The number of amides is 4. The third-order valence-corrected chi connectivity index (χ3v) is 5.76. The Labute approximate surface area is 156 Å². The molecule has 3 N–H and O–H groups in total. The van der Waals surface area contributed by atoms with E-state index in [1.807, 2.05) is 13.0 Å². The molecular weight excluding hydrogens is 348 g/mol. The number of fused-ring (bicyclic) bond motifs is 1. The van der Waals surface area contributed by atoms with Crippen molar-refractivity contribution < 1.29 is 19.2 Å². The highest BCUT2D eigenvalue weighted by atomic mass is 16.2. The molecule has 3 unspecified atom stereocenters. The van der Waals surface area contributed by atoms with Crippen LogP contribution in [0.2, 0.25) is 0 Å². The van der Waals surface area contributed by atoms with Crippen LogP contribution in [-0.2, 0) is 9.59 Å². The van der Waals surface area contributed by atoms with E-state index in [-0.39, 0.29) is 24.8 Å². The molecule has 4 amide bonds. The number of nitrogens with zero attached hydrogens (tertiary/aromatic N) is 2. The summed E-state index contributed by atoms with van der Waals surface area (Å²) in [5, 5.41) is 2.20. The summed E-state index contributed by atoms with van der Waals surface area (Å²) in [6.07, 6.45) is 1.26. The zero-order valence-corrected chi connectivity index (χ0v) is 15.1. The van der Waals surface area contributed by atoms with Crippen LogP contribution in [0.5, 0.6) is 0 Å². The number of nitrogens with one attached hydrogen (secondary N) is 1. The van der Waals surface area contributed by atoms with E-state index in [1.165, 1.54) is 0 Å². The summed E-state index contributed by atoms with van der Waals surface area (Å²) in [5.74, 6) is -1.54. The molecule has 4 rings (SSSR count). The lowest BCUT2D eigenvalue weighted by molar-refractivity contribution is -0.136. The van der Waals surface area contributed by atoms with Crippen LogP contribution in [0.3, 0.4) is 0 Å². The predicted octanol–water partition coefficient (Wildman–Crippen LogP) is 0.261. The summed E-state index contributed by atoms with van der Waals surface area (Å²) in [6.45, 7) is 3.66. The van der Waals surface area contributed by atoms with Gasteiger partial charge in [0, 0.05) is 31.2 Å². The Morgan fingerprint density at radius 3 is 2.52 bits per heavy atom.